The molecule has 0 bridgehead atoms. The van der Waals surface area contributed by atoms with Gasteiger partial charge in [0.05, 0.1) is 5.69 Å². The van der Waals surface area contributed by atoms with Gasteiger partial charge >= 0.3 is 0 Å². The van der Waals surface area contributed by atoms with Gasteiger partial charge in [0.2, 0.25) is 0 Å². The lowest BCUT2D eigenvalue weighted by atomic mass is 10.1. The minimum atomic E-state index is -0.350. The lowest BCUT2D eigenvalue weighted by molar-refractivity contribution is -0.125. The van der Waals surface area contributed by atoms with Crippen LogP contribution >= 0.6 is 23.4 Å². The molecule has 2 heterocycles. The number of thioether (sulfide) groups is 1. The molecule has 26 heavy (non-hydrogen) atoms. The van der Waals surface area contributed by atoms with Gasteiger partial charge in [0.25, 0.3) is 5.91 Å². The Labute approximate surface area is 162 Å². The van der Waals surface area contributed by atoms with Gasteiger partial charge < -0.3 is 0 Å². The molecule has 0 radical (unpaired) electrons. The Kier molecular flexibility index (Phi) is 4.59. The van der Waals surface area contributed by atoms with E-state index in [0.717, 1.165) is 22.6 Å². The standard InChI is InChI=1S/C20H18ClN3OS/c1-12(2)17-19(25)24-18(23-17)15-5-3-4-6-16(15)22-20(24)26-11-13-7-9-14(21)10-8-13/h3-10,12,17H,11H2,1-2H3. The number of amides is 1. The first-order valence-electron chi connectivity index (χ1n) is 8.51. The summed E-state index contributed by atoms with van der Waals surface area (Å²) in [6, 6.07) is 15.2. The lowest BCUT2D eigenvalue weighted by Gasteiger charge is -2.25. The fraction of sp³-hybridized carbons (Fsp3) is 0.250. The van der Waals surface area contributed by atoms with Gasteiger partial charge in [-0.05, 0) is 35.7 Å². The Hall–Kier alpha value is -2.11. The van der Waals surface area contributed by atoms with Crippen molar-refractivity contribution in [2.75, 3.05) is 0 Å². The van der Waals surface area contributed by atoms with Crippen molar-refractivity contribution in [2.45, 2.75) is 25.6 Å². The highest BCUT2D eigenvalue weighted by atomic mass is 35.5. The van der Waals surface area contributed by atoms with Crippen molar-refractivity contribution in [1.82, 2.24) is 4.90 Å². The highest BCUT2D eigenvalue weighted by Crippen LogP contribution is 2.35. The monoisotopic (exact) mass is 383 g/mol. The number of amidine groups is 2. The molecule has 0 aliphatic carbocycles. The van der Waals surface area contributed by atoms with E-state index in [2.05, 4.69) is 0 Å². The van der Waals surface area contributed by atoms with E-state index in [4.69, 9.17) is 21.6 Å². The smallest absolute Gasteiger partial charge is 0.259 e. The third-order valence-corrected chi connectivity index (χ3v) is 5.67. The van der Waals surface area contributed by atoms with E-state index < -0.39 is 0 Å². The average Bonchev–Trinajstić information content (AvgIpc) is 2.99. The highest BCUT2D eigenvalue weighted by molar-refractivity contribution is 8.13. The molecular weight excluding hydrogens is 366 g/mol. The molecule has 1 unspecified atom stereocenters. The molecule has 0 spiro atoms. The van der Waals surface area contributed by atoms with E-state index in [1.807, 2.05) is 62.4 Å². The molecule has 2 aromatic carbocycles. The van der Waals surface area contributed by atoms with E-state index in [1.165, 1.54) is 0 Å². The second-order valence-corrected chi connectivity index (χ2v) is 8.02. The third-order valence-electron chi connectivity index (χ3n) is 4.41. The summed E-state index contributed by atoms with van der Waals surface area (Å²) in [5.41, 5.74) is 2.91. The van der Waals surface area contributed by atoms with Crippen LogP contribution in [0.2, 0.25) is 5.02 Å². The molecule has 2 aliphatic rings. The van der Waals surface area contributed by atoms with Crippen molar-refractivity contribution in [1.29, 1.82) is 0 Å². The number of carbonyl (C=O) groups is 1. The van der Waals surface area contributed by atoms with Crippen molar-refractivity contribution in [2.24, 2.45) is 15.9 Å². The molecule has 2 aliphatic heterocycles. The second-order valence-electron chi connectivity index (χ2n) is 6.64. The second kappa shape index (κ2) is 6.89. The van der Waals surface area contributed by atoms with Crippen molar-refractivity contribution in [3.05, 3.63) is 64.7 Å². The number of nitrogens with zero attached hydrogens (tertiary/aromatic N) is 3. The minimum Gasteiger partial charge on any atom is -0.271 e. The summed E-state index contributed by atoms with van der Waals surface area (Å²) in [5.74, 6) is 1.58. The quantitative estimate of drug-likeness (QED) is 0.757. The van der Waals surface area contributed by atoms with Crippen LogP contribution in [-0.4, -0.2) is 27.9 Å². The zero-order valence-electron chi connectivity index (χ0n) is 14.5. The number of halogens is 1. The molecule has 4 rings (SSSR count). The van der Waals surface area contributed by atoms with Crippen LogP contribution in [0.1, 0.15) is 25.0 Å². The first-order chi connectivity index (χ1) is 12.5. The molecule has 1 amide bonds. The van der Waals surface area contributed by atoms with Crippen LogP contribution in [0.4, 0.5) is 5.69 Å². The van der Waals surface area contributed by atoms with Gasteiger partial charge in [-0.3, -0.25) is 9.79 Å². The Morgan fingerprint density at radius 3 is 2.62 bits per heavy atom. The summed E-state index contributed by atoms with van der Waals surface area (Å²) in [6.07, 6.45) is 0. The van der Waals surface area contributed by atoms with Crippen molar-refractivity contribution in [3.63, 3.8) is 0 Å². The van der Waals surface area contributed by atoms with Gasteiger partial charge in [-0.1, -0.05) is 61.5 Å². The molecule has 0 N–H and O–H groups in total. The summed E-state index contributed by atoms with van der Waals surface area (Å²) in [6.45, 7) is 4.04. The highest BCUT2D eigenvalue weighted by Gasteiger charge is 2.42. The number of benzene rings is 2. The number of para-hydroxylation sites is 1. The predicted molar refractivity (Wildman–Crippen MR) is 108 cm³/mol. The fourth-order valence-corrected chi connectivity index (χ4v) is 4.11. The van der Waals surface area contributed by atoms with Gasteiger partial charge in [0, 0.05) is 16.3 Å². The molecule has 0 fully saturated rings. The van der Waals surface area contributed by atoms with Gasteiger partial charge in [-0.2, -0.15) is 0 Å². The number of fused-ring (bicyclic) bond motifs is 3. The predicted octanol–water partition coefficient (Wildman–Crippen LogP) is 4.89. The van der Waals surface area contributed by atoms with Crippen LogP contribution in [-0.2, 0) is 10.5 Å². The average molecular weight is 384 g/mol. The minimum absolute atomic E-state index is 0.00635. The molecule has 0 aromatic heterocycles. The largest absolute Gasteiger partial charge is 0.271 e. The number of hydrogen-bond acceptors (Lipinski definition) is 4. The van der Waals surface area contributed by atoms with Crippen LogP contribution < -0.4 is 0 Å². The number of carbonyl (C=O) groups excluding carboxylic acids is 1. The molecule has 6 heteroatoms. The number of aliphatic imine (C=N–C) groups is 2. The van der Waals surface area contributed by atoms with E-state index in [9.17, 15) is 4.79 Å². The van der Waals surface area contributed by atoms with Crippen LogP contribution in [0.25, 0.3) is 0 Å². The van der Waals surface area contributed by atoms with Gasteiger partial charge in [-0.25, -0.2) is 9.89 Å². The summed E-state index contributed by atoms with van der Waals surface area (Å²) in [4.78, 5) is 24.1. The Morgan fingerprint density at radius 1 is 1.15 bits per heavy atom. The van der Waals surface area contributed by atoms with Gasteiger partial charge in [-0.15, -0.1) is 0 Å². The lowest BCUT2D eigenvalue weighted by Crippen LogP contribution is -2.41. The van der Waals surface area contributed by atoms with Crippen molar-refractivity contribution < 1.29 is 4.79 Å². The molecule has 1 atom stereocenters. The summed E-state index contributed by atoms with van der Waals surface area (Å²) >= 11 is 7.50. The van der Waals surface area contributed by atoms with Crippen molar-refractivity contribution >= 4 is 46.0 Å². The first-order valence-corrected chi connectivity index (χ1v) is 9.88. The van der Waals surface area contributed by atoms with E-state index in [-0.39, 0.29) is 17.9 Å². The normalized spacial score (nSPS) is 18.5. The van der Waals surface area contributed by atoms with Crippen LogP contribution in [0.5, 0.6) is 0 Å². The molecule has 2 aromatic rings. The fourth-order valence-electron chi connectivity index (χ4n) is 3.03. The Morgan fingerprint density at radius 2 is 1.88 bits per heavy atom. The maximum atomic E-state index is 13.0. The Bertz CT molecular complexity index is 921. The van der Waals surface area contributed by atoms with E-state index >= 15 is 0 Å². The van der Waals surface area contributed by atoms with Crippen molar-refractivity contribution in [3.8, 4) is 0 Å². The third kappa shape index (κ3) is 3.06. The molecule has 0 saturated carbocycles. The van der Waals surface area contributed by atoms with E-state index in [1.54, 1.807) is 16.7 Å². The first kappa shape index (κ1) is 17.3. The maximum Gasteiger partial charge on any atom is 0.259 e. The molecule has 132 valence electrons. The van der Waals surface area contributed by atoms with Crippen LogP contribution in [0, 0.1) is 5.92 Å². The zero-order chi connectivity index (χ0) is 18.3. The molecular formula is C20H18ClN3OS. The van der Waals surface area contributed by atoms with Crippen LogP contribution in [0.3, 0.4) is 0 Å². The van der Waals surface area contributed by atoms with Gasteiger partial charge in [0.15, 0.2) is 5.17 Å². The topological polar surface area (TPSA) is 45.0 Å². The maximum absolute atomic E-state index is 13.0. The van der Waals surface area contributed by atoms with E-state index in [0.29, 0.717) is 15.9 Å². The summed E-state index contributed by atoms with van der Waals surface area (Å²) in [7, 11) is 0. The summed E-state index contributed by atoms with van der Waals surface area (Å²) in [5, 5.41) is 1.40. The summed E-state index contributed by atoms with van der Waals surface area (Å²) < 4.78 is 0. The molecule has 0 saturated heterocycles. The SMILES string of the molecule is CC(C)C1N=C2c3ccccc3N=C(SCc3ccc(Cl)cc3)N2C1=O. The van der Waals surface area contributed by atoms with Gasteiger partial charge in [0.1, 0.15) is 11.9 Å². The number of hydrogen-bond donors (Lipinski definition) is 0. The molecule has 4 nitrogen and oxygen atoms in total. The Balaban J connectivity index is 1.68. The number of rotatable bonds is 3. The zero-order valence-corrected chi connectivity index (χ0v) is 16.1. The van der Waals surface area contributed by atoms with Crippen LogP contribution in [0.15, 0.2) is 58.5 Å².